The fourth-order valence-corrected chi connectivity index (χ4v) is 3.30. The van der Waals surface area contributed by atoms with E-state index < -0.39 is 0 Å². The second kappa shape index (κ2) is 18.2. The number of hydrogen-bond acceptors (Lipinski definition) is 5. The topological polar surface area (TPSA) is 75.2 Å². The minimum atomic E-state index is -0.0842. The molecule has 1 aliphatic rings. The SMILES string of the molecule is CCNC(=NCC1CN(CC(C)C)CCO1)NCCCCCCC(=O)OCC.I. The number of nitrogens with one attached hydrogen (secondary N) is 2. The van der Waals surface area contributed by atoms with Gasteiger partial charge in [0.05, 0.1) is 25.9 Å². The van der Waals surface area contributed by atoms with Gasteiger partial charge in [-0.05, 0) is 32.6 Å². The smallest absolute Gasteiger partial charge is 0.305 e. The van der Waals surface area contributed by atoms with Crippen LogP contribution in [0.3, 0.4) is 0 Å². The zero-order valence-electron chi connectivity index (χ0n) is 18.9. The Balaban J connectivity index is 0.00000784. The van der Waals surface area contributed by atoms with Gasteiger partial charge in [-0.1, -0.05) is 26.7 Å². The number of guanidine groups is 1. The van der Waals surface area contributed by atoms with Crippen LogP contribution in [0.1, 0.15) is 59.8 Å². The molecule has 1 fully saturated rings. The lowest BCUT2D eigenvalue weighted by atomic mass is 10.1. The maximum Gasteiger partial charge on any atom is 0.305 e. The van der Waals surface area contributed by atoms with Gasteiger partial charge in [0.2, 0.25) is 0 Å². The predicted octanol–water partition coefficient (Wildman–Crippen LogP) is 3.03. The Morgan fingerprint density at radius 2 is 1.97 bits per heavy atom. The molecule has 1 unspecified atom stereocenters. The van der Waals surface area contributed by atoms with Crippen LogP contribution in [-0.2, 0) is 14.3 Å². The molecule has 172 valence electrons. The molecule has 1 heterocycles. The highest BCUT2D eigenvalue weighted by Crippen LogP contribution is 2.08. The lowest BCUT2D eigenvalue weighted by molar-refractivity contribution is -0.143. The molecule has 0 aromatic carbocycles. The van der Waals surface area contributed by atoms with Crippen molar-refractivity contribution in [2.45, 2.75) is 65.9 Å². The van der Waals surface area contributed by atoms with Crippen molar-refractivity contribution in [3.8, 4) is 0 Å². The molecule has 2 N–H and O–H groups in total. The van der Waals surface area contributed by atoms with E-state index in [4.69, 9.17) is 14.5 Å². The Labute approximate surface area is 194 Å². The van der Waals surface area contributed by atoms with Gasteiger partial charge in [-0.25, -0.2) is 0 Å². The molecule has 1 atom stereocenters. The molecule has 1 rings (SSSR count). The Kier molecular flexibility index (Phi) is 17.8. The molecule has 1 saturated heterocycles. The molecule has 0 radical (unpaired) electrons. The Bertz CT molecular complexity index is 450. The van der Waals surface area contributed by atoms with Gasteiger partial charge in [0.1, 0.15) is 0 Å². The summed E-state index contributed by atoms with van der Waals surface area (Å²) in [5, 5.41) is 6.71. The second-order valence-electron chi connectivity index (χ2n) is 7.76. The summed E-state index contributed by atoms with van der Waals surface area (Å²) in [6, 6.07) is 0. The molecular formula is C21H43IN4O3. The third-order valence-corrected chi connectivity index (χ3v) is 4.55. The van der Waals surface area contributed by atoms with Crippen LogP contribution < -0.4 is 10.6 Å². The molecule has 0 amide bonds. The molecule has 1 aliphatic heterocycles. The fraction of sp³-hybridized carbons (Fsp3) is 0.905. The van der Waals surface area contributed by atoms with Crippen molar-refractivity contribution < 1.29 is 14.3 Å². The van der Waals surface area contributed by atoms with Crippen LogP contribution in [0.4, 0.5) is 0 Å². The summed E-state index contributed by atoms with van der Waals surface area (Å²) in [6.07, 6.45) is 4.82. The van der Waals surface area contributed by atoms with Crippen molar-refractivity contribution >= 4 is 35.9 Å². The summed E-state index contributed by atoms with van der Waals surface area (Å²) >= 11 is 0. The largest absolute Gasteiger partial charge is 0.466 e. The van der Waals surface area contributed by atoms with Gasteiger partial charge in [-0.15, -0.1) is 24.0 Å². The Hall–Kier alpha value is -0.610. The number of ether oxygens (including phenoxy) is 2. The van der Waals surface area contributed by atoms with Crippen LogP contribution >= 0.6 is 24.0 Å². The summed E-state index contributed by atoms with van der Waals surface area (Å²) in [6.45, 7) is 15.2. The maximum absolute atomic E-state index is 11.3. The summed E-state index contributed by atoms with van der Waals surface area (Å²) < 4.78 is 10.8. The van der Waals surface area contributed by atoms with Gasteiger partial charge in [-0.3, -0.25) is 14.7 Å². The third kappa shape index (κ3) is 14.9. The van der Waals surface area contributed by atoms with E-state index in [0.717, 1.165) is 71.0 Å². The molecule has 29 heavy (non-hydrogen) atoms. The van der Waals surface area contributed by atoms with Crippen LogP contribution in [0.15, 0.2) is 4.99 Å². The molecule has 0 saturated carbocycles. The average Bonchev–Trinajstić information content (AvgIpc) is 2.65. The monoisotopic (exact) mass is 526 g/mol. The second-order valence-corrected chi connectivity index (χ2v) is 7.76. The first-order valence-electron chi connectivity index (χ1n) is 11.1. The van der Waals surface area contributed by atoms with Crippen molar-refractivity contribution in [2.75, 3.05) is 52.5 Å². The molecule has 8 heteroatoms. The first kappa shape index (κ1) is 28.4. The van der Waals surface area contributed by atoms with Crippen LogP contribution in [-0.4, -0.2) is 75.4 Å². The van der Waals surface area contributed by atoms with Gasteiger partial charge in [-0.2, -0.15) is 0 Å². The van der Waals surface area contributed by atoms with Crippen molar-refractivity contribution in [1.82, 2.24) is 15.5 Å². The third-order valence-electron chi connectivity index (χ3n) is 4.55. The summed E-state index contributed by atoms with van der Waals surface area (Å²) in [5.74, 6) is 1.45. The van der Waals surface area contributed by atoms with Crippen LogP contribution in [0.2, 0.25) is 0 Å². The number of carbonyl (C=O) groups is 1. The van der Waals surface area contributed by atoms with E-state index in [2.05, 4.69) is 36.3 Å². The van der Waals surface area contributed by atoms with E-state index in [1.165, 1.54) is 0 Å². The fourth-order valence-electron chi connectivity index (χ4n) is 3.30. The van der Waals surface area contributed by atoms with Crippen LogP contribution in [0, 0.1) is 5.92 Å². The van der Waals surface area contributed by atoms with Crippen molar-refractivity contribution in [3.05, 3.63) is 0 Å². The number of esters is 1. The van der Waals surface area contributed by atoms with E-state index in [0.29, 0.717) is 25.5 Å². The Morgan fingerprint density at radius 1 is 1.21 bits per heavy atom. The zero-order chi connectivity index (χ0) is 20.6. The number of morpholine rings is 1. The summed E-state index contributed by atoms with van der Waals surface area (Å²) in [7, 11) is 0. The molecule has 0 spiro atoms. The maximum atomic E-state index is 11.3. The van der Waals surface area contributed by atoms with E-state index in [9.17, 15) is 4.79 Å². The van der Waals surface area contributed by atoms with E-state index >= 15 is 0 Å². The van der Waals surface area contributed by atoms with E-state index in [1.54, 1.807) is 0 Å². The zero-order valence-corrected chi connectivity index (χ0v) is 21.2. The predicted molar refractivity (Wildman–Crippen MR) is 130 cm³/mol. The minimum Gasteiger partial charge on any atom is -0.466 e. The first-order chi connectivity index (χ1) is 13.5. The lowest BCUT2D eigenvalue weighted by Crippen LogP contribution is -2.46. The van der Waals surface area contributed by atoms with Crippen molar-refractivity contribution in [2.24, 2.45) is 10.9 Å². The van der Waals surface area contributed by atoms with Gasteiger partial charge < -0.3 is 20.1 Å². The van der Waals surface area contributed by atoms with Gasteiger partial charge >= 0.3 is 5.97 Å². The number of halogens is 1. The number of carbonyl (C=O) groups excluding carboxylic acids is 1. The van der Waals surface area contributed by atoms with E-state index in [1.807, 2.05) is 6.92 Å². The van der Waals surface area contributed by atoms with Crippen molar-refractivity contribution in [1.29, 1.82) is 0 Å². The van der Waals surface area contributed by atoms with Crippen LogP contribution in [0.5, 0.6) is 0 Å². The molecule has 0 aliphatic carbocycles. The summed E-state index contributed by atoms with van der Waals surface area (Å²) in [5.41, 5.74) is 0. The number of rotatable bonds is 13. The van der Waals surface area contributed by atoms with Gasteiger partial charge in [0.15, 0.2) is 5.96 Å². The lowest BCUT2D eigenvalue weighted by Gasteiger charge is -2.33. The normalized spacial score (nSPS) is 17.7. The molecule has 7 nitrogen and oxygen atoms in total. The quantitative estimate of drug-likeness (QED) is 0.126. The van der Waals surface area contributed by atoms with E-state index in [-0.39, 0.29) is 36.0 Å². The summed E-state index contributed by atoms with van der Waals surface area (Å²) in [4.78, 5) is 18.5. The number of aliphatic imine (C=N–C) groups is 1. The molecular weight excluding hydrogens is 483 g/mol. The van der Waals surface area contributed by atoms with Crippen molar-refractivity contribution in [3.63, 3.8) is 0 Å². The van der Waals surface area contributed by atoms with Gasteiger partial charge in [0, 0.05) is 39.1 Å². The molecule has 0 aromatic heterocycles. The molecule has 0 aromatic rings. The number of nitrogens with zero attached hydrogens (tertiary/aromatic N) is 2. The number of unbranched alkanes of at least 4 members (excludes halogenated alkanes) is 3. The highest BCUT2D eigenvalue weighted by molar-refractivity contribution is 14.0. The highest BCUT2D eigenvalue weighted by Gasteiger charge is 2.20. The van der Waals surface area contributed by atoms with Crippen LogP contribution in [0.25, 0.3) is 0 Å². The Morgan fingerprint density at radius 3 is 2.66 bits per heavy atom. The first-order valence-corrected chi connectivity index (χ1v) is 11.1. The highest BCUT2D eigenvalue weighted by atomic mass is 127. The average molecular weight is 527 g/mol. The molecule has 0 bridgehead atoms. The van der Waals surface area contributed by atoms with Gasteiger partial charge in [0.25, 0.3) is 0 Å². The number of hydrogen-bond donors (Lipinski definition) is 2. The standard InChI is InChI=1S/C21H42N4O3.HI/c1-5-22-21(23-12-10-8-7-9-11-20(26)27-6-2)24-15-19-17-25(13-14-28-19)16-18(3)4;/h18-19H,5-17H2,1-4H3,(H2,22,23,24);1H. The minimum absolute atomic E-state index is 0.